The van der Waals surface area contributed by atoms with Crippen LogP contribution in [0.2, 0.25) is 0 Å². The first-order chi connectivity index (χ1) is 14.1. The van der Waals surface area contributed by atoms with Crippen molar-refractivity contribution in [2.75, 3.05) is 0 Å². The molecule has 4 aliphatic rings. The van der Waals surface area contributed by atoms with E-state index in [0.717, 1.165) is 56.9 Å². The molecule has 4 aliphatic carbocycles. The average molecular weight is 417 g/mol. The molecule has 0 saturated heterocycles. The van der Waals surface area contributed by atoms with E-state index < -0.39 is 5.97 Å². The molecule has 2 N–H and O–H groups in total. The Bertz CT molecular complexity index is 741. The van der Waals surface area contributed by atoms with Gasteiger partial charge in [0.2, 0.25) is 0 Å². The molecule has 0 aliphatic heterocycles. The van der Waals surface area contributed by atoms with Crippen LogP contribution in [0.25, 0.3) is 0 Å². The number of hydrogen-bond acceptors (Lipinski definition) is 3. The molecule has 0 aromatic rings. The lowest BCUT2D eigenvalue weighted by atomic mass is 9.43. The number of aliphatic hydroxyl groups excluding tert-OH is 1. The van der Waals surface area contributed by atoms with Crippen molar-refractivity contribution in [3.63, 3.8) is 0 Å². The van der Waals surface area contributed by atoms with E-state index in [1.807, 2.05) is 13.0 Å². The topological polar surface area (TPSA) is 74.6 Å². The number of carboxylic acid groups (broad SMARTS) is 1. The summed E-state index contributed by atoms with van der Waals surface area (Å²) in [6.07, 6.45) is 9.86. The first-order valence-electron chi connectivity index (χ1n) is 12.2. The highest BCUT2D eigenvalue weighted by atomic mass is 16.4. The fraction of sp³-hybridized carbons (Fsp3) is 0.846. The third-order valence-electron chi connectivity index (χ3n) is 10.3. The van der Waals surface area contributed by atoms with Crippen molar-refractivity contribution in [1.29, 1.82) is 0 Å². The van der Waals surface area contributed by atoms with Crippen LogP contribution in [0, 0.1) is 46.3 Å². The highest BCUT2D eigenvalue weighted by Gasteiger charge is 2.64. The second-order valence-corrected chi connectivity index (χ2v) is 11.5. The summed E-state index contributed by atoms with van der Waals surface area (Å²) in [7, 11) is 0. The number of fused-ring (bicyclic) bond motifs is 5. The Hall–Kier alpha value is -1.16. The number of rotatable bonds is 4. The van der Waals surface area contributed by atoms with Gasteiger partial charge in [-0.25, -0.2) is 0 Å². The number of allylic oxidation sites excluding steroid dienone is 2. The molecule has 30 heavy (non-hydrogen) atoms. The van der Waals surface area contributed by atoms with Gasteiger partial charge in [0, 0.05) is 12.3 Å². The number of Topliss-reactive ketones (excluding diaryl/α,β-unsaturated/α-hetero) is 1. The molecule has 0 amide bonds. The molecule has 0 aromatic heterocycles. The van der Waals surface area contributed by atoms with Gasteiger partial charge in [-0.3, -0.25) is 9.59 Å². The van der Waals surface area contributed by atoms with E-state index in [1.165, 1.54) is 0 Å². The van der Waals surface area contributed by atoms with Crippen molar-refractivity contribution in [2.24, 2.45) is 46.3 Å². The van der Waals surface area contributed by atoms with Gasteiger partial charge in [-0.05, 0) is 104 Å². The van der Waals surface area contributed by atoms with Crippen molar-refractivity contribution >= 4 is 11.8 Å². The Morgan fingerprint density at radius 2 is 1.80 bits per heavy atom. The Labute approximate surface area is 181 Å². The molecule has 0 spiro atoms. The van der Waals surface area contributed by atoms with Crippen molar-refractivity contribution < 1.29 is 19.8 Å². The molecule has 168 valence electrons. The summed E-state index contributed by atoms with van der Waals surface area (Å²) in [5.74, 6) is 1.74. The van der Waals surface area contributed by atoms with Crippen LogP contribution in [-0.4, -0.2) is 28.1 Å². The van der Waals surface area contributed by atoms with E-state index in [2.05, 4.69) is 20.8 Å². The molecule has 4 saturated carbocycles. The normalized spacial score (nSPS) is 48.0. The molecule has 4 heteroatoms. The summed E-state index contributed by atoms with van der Waals surface area (Å²) in [6, 6.07) is 0. The molecule has 4 fully saturated rings. The van der Waals surface area contributed by atoms with Crippen molar-refractivity contribution in [3.05, 3.63) is 11.6 Å². The third-order valence-corrected chi connectivity index (χ3v) is 10.3. The average Bonchev–Trinajstić information content (AvgIpc) is 3.05. The van der Waals surface area contributed by atoms with E-state index >= 15 is 0 Å². The molecule has 0 aromatic carbocycles. The summed E-state index contributed by atoms with van der Waals surface area (Å²) < 4.78 is 0. The minimum Gasteiger partial charge on any atom is -0.481 e. The van der Waals surface area contributed by atoms with Crippen LogP contribution in [0.3, 0.4) is 0 Å². The van der Waals surface area contributed by atoms with Crippen LogP contribution in [0.4, 0.5) is 0 Å². The number of carboxylic acids is 1. The lowest BCUT2D eigenvalue weighted by molar-refractivity contribution is -0.150. The van der Waals surface area contributed by atoms with Gasteiger partial charge in [0.25, 0.3) is 0 Å². The predicted molar refractivity (Wildman–Crippen MR) is 117 cm³/mol. The molecule has 4 unspecified atom stereocenters. The first-order valence-corrected chi connectivity index (χ1v) is 12.2. The van der Waals surface area contributed by atoms with Gasteiger partial charge in [-0.15, -0.1) is 0 Å². The van der Waals surface area contributed by atoms with Crippen LogP contribution in [0.5, 0.6) is 0 Å². The first kappa shape index (κ1) is 22.0. The number of carbonyl (C=O) groups is 2. The number of aliphatic carboxylic acids is 1. The van der Waals surface area contributed by atoms with Gasteiger partial charge >= 0.3 is 5.97 Å². The molecular weight excluding hydrogens is 376 g/mol. The van der Waals surface area contributed by atoms with Crippen molar-refractivity contribution in [1.82, 2.24) is 0 Å². The monoisotopic (exact) mass is 416 g/mol. The van der Waals surface area contributed by atoms with Crippen LogP contribution >= 0.6 is 0 Å². The van der Waals surface area contributed by atoms with Crippen LogP contribution < -0.4 is 0 Å². The van der Waals surface area contributed by atoms with E-state index in [-0.39, 0.29) is 35.2 Å². The van der Waals surface area contributed by atoms with E-state index in [0.29, 0.717) is 29.5 Å². The van der Waals surface area contributed by atoms with Gasteiger partial charge in [0.1, 0.15) is 0 Å². The number of aliphatic hydroxyl groups is 1. The largest absolute Gasteiger partial charge is 0.481 e. The summed E-state index contributed by atoms with van der Waals surface area (Å²) in [5, 5.41) is 19.5. The molecule has 0 heterocycles. The van der Waals surface area contributed by atoms with E-state index in [4.69, 9.17) is 5.11 Å². The molecule has 4 rings (SSSR count). The molecular formula is C26H40O4. The van der Waals surface area contributed by atoms with Crippen LogP contribution in [0.1, 0.15) is 85.5 Å². The third kappa shape index (κ3) is 3.20. The van der Waals surface area contributed by atoms with Gasteiger partial charge < -0.3 is 10.2 Å². The Balaban J connectivity index is 1.64. The highest BCUT2D eigenvalue weighted by molar-refractivity contribution is 5.99. The summed E-state index contributed by atoms with van der Waals surface area (Å²) in [5.41, 5.74) is 1.25. The number of hydrogen-bond donors (Lipinski definition) is 2. The van der Waals surface area contributed by atoms with Gasteiger partial charge in [-0.2, -0.15) is 0 Å². The lowest BCUT2D eigenvalue weighted by Gasteiger charge is -2.61. The smallest absolute Gasteiger partial charge is 0.303 e. The van der Waals surface area contributed by atoms with E-state index in [9.17, 15) is 14.7 Å². The van der Waals surface area contributed by atoms with E-state index in [1.54, 1.807) is 0 Å². The SMILES string of the molecule is C/C=C1/C(=O)C2C(CC[C@@]3(C)C2CC[C@@H]3[C@H](C)CCC(=O)O)[C@@]2(C)CC[C@@H](O)CC12. The second kappa shape index (κ2) is 7.76. The maximum absolute atomic E-state index is 13.8. The molecule has 0 bridgehead atoms. The fourth-order valence-electron chi connectivity index (χ4n) is 8.72. The highest BCUT2D eigenvalue weighted by Crippen LogP contribution is 2.68. The number of carbonyl (C=O) groups excluding carboxylic acids is 1. The van der Waals surface area contributed by atoms with Gasteiger partial charge in [0.05, 0.1) is 6.10 Å². The zero-order chi connectivity index (χ0) is 21.8. The van der Waals surface area contributed by atoms with Crippen LogP contribution in [0.15, 0.2) is 11.6 Å². The Kier molecular flexibility index (Phi) is 5.70. The van der Waals surface area contributed by atoms with Gasteiger partial charge in [-0.1, -0.05) is 26.8 Å². The lowest BCUT2D eigenvalue weighted by Crippen LogP contribution is -2.58. The zero-order valence-corrected chi connectivity index (χ0v) is 19.2. The molecule has 4 nitrogen and oxygen atoms in total. The van der Waals surface area contributed by atoms with Crippen LogP contribution in [-0.2, 0) is 9.59 Å². The zero-order valence-electron chi connectivity index (χ0n) is 19.2. The molecule has 0 radical (unpaired) electrons. The van der Waals surface area contributed by atoms with Crippen molar-refractivity contribution in [2.45, 2.75) is 91.6 Å². The van der Waals surface area contributed by atoms with Gasteiger partial charge in [0.15, 0.2) is 5.78 Å². The fourth-order valence-corrected chi connectivity index (χ4v) is 8.72. The summed E-state index contributed by atoms with van der Waals surface area (Å²) in [4.78, 5) is 24.9. The Morgan fingerprint density at radius 1 is 1.13 bits per heavy atom. The maximum atomic E-state index is 13.8. The summed E-state index contributed by atoms with van der Waals surface area (Å²) >= 11 is 0. The summed E-state index contributed by atoms with van der Waals surface area (Å²) in [6.45, 7) is 9.04. The minimum atomic E-state index is -0.705. The number of ketones is 1. The second-order valence-electron chi connectivity index (χ2n) is 11.5. The molecule has 9 atom stereocenters. The predicted octanol–water partition coefficient (Wildman–Crippen LogP) is 5.24. The quantitative estimate of drug-likeness (QED) is 0.614. The standard InChI is InChI=1S/C26H40O4/c1-5-17-21-14-16(27)10-12-26(21,4)20-11-13-25(3)18(15(2)6-9-22(28)29)7-8-19(25)23(20)24(17)30/h5,15-16,18-21,23,27H,6-14H2,1-4H3,(H,28,29)/b17-5+/t15-,16-,18-,19?,20?,21?,23?,25-,26-/m1/s1. The Morgan fingerprint density at radius 3 is 2.47 bits per heavy atom. The minimum absolute atomic E-state index is 0.114. The van der Waals surface area contributed by atoms with Crippen molar-refractivity contribution in [3.8, 4) is 0 Å². The maximum Gasteiger partial charge on any atom is 0.303 e.